The Labute approximate surface area is 253 Å². The van der Waals surface area contributed by atoms with Crippen LogP contribution in [-0.2, 0) is 14.3 Å². The molecule has 4 fully saturated rings. The number of halogens is 1. The summed E-state index contributed by atoms with van der Waals surface area (Å²) in [7, 11) is 4.06. The van der Waals surface area contributed by atoms with E-state index >= 15 is 0 Å². The van der Waals surface area contributed by atoms with Crippen LogP contribution in [0.3, 0.4) is 0 Å². The van der Waals surface area contributed by atoms with Gasteiger partial charge in [-0.1, -0.05) is 6.92 Å². The van der Waals surface area contributed by atoms with Gasteiger partial charge in [0.1, 0.15) is 0 Å². The topological polar surface area (TPSA) is 111 Å². The van der Waals surface area contributed by atoms with E-state index < -0.39 is 0 Å². The number of ether oxygens (including phenoxy) is 2. The standard InChI is InChI=1S/C31H55ClN6O3/c1-5-40-29-15-26-24(14-27(29)37-30(39)7-6-12-38(3)4)31(21(16-33)18-35-26)36-22-10-11-28(25(32)13-22)41-19-23-9-8-20(2)17-34-23/h20-29,31,34-36H,5-15,17-19H2,1-4H3,(H,37,39). The van der Waals surface area contributed by atoms with E-state index in [1.807, 2.05) is 21.0 Å². The lowest BCUT2D eigenvalue weighted by Gasteiger charge is -2.50. The van der Waals surface area contributed by atoms with Crippen molar-refractivity contribution in [3.63, 3.8) is 0 Å². The molecule has 2 saturated carbocycles. The van der Waals surface area contributed by atoms with E-state index in [9.17, 15) is 10.1 Å². The first-order valence-corrected chi connectivity index (χ1v) is 16.6. The molecule has 4 N–H and O–H groups in total. The number of piperidine rings is 2. The van der Waals surface area contributed by atoms with E-state index in [1.54, 1.807) is 0 Å². The molecule has 9 nitrogen and oxygen atoms in total. The summed E-state index contributed by atoms with van der Waals surface area (Å²) in [5.41, 5.74) is 0. The molecule has 2 aliphatic carbocycles. The molecule has 0 spiro atoms. The number of carbonyl (C=O) groups is 1. The van der Waals surface area contributed by atoms with Gasteiger partial charge in [0.05, 0.1) is 42.2 Å². The van der Waals surface area contributed by atoms with Crippen LogP contribution in [0.15, 0.2) is 0 Å². The van der Waals surface area contributed by atoms with E-state index in [0.717, 1.165) is 64.1 Å². The Morgan fingerprint density at radius 1 is 1.07 bits per heavy atom. The molecule has 41 heavy (non-hydrogen) atoms. The van der Waals surface area contributed by atoms with Crippen LogP contribution in [0.25, 0.3) is 0 Å². The van der Waals surface area contributed by atoms with Crippen LogP contribution in [0.4, 0.5) is 0 Å². The second kappa shape index (κ2) is 16.2. The fourth-order valence-electron chi connectivity index (χ4n) is 7.42. The zero-order chi connectivity index (χ0) is 29.4. The molecule has 0 aromatic carbocycles. The highest BCUT2D eigenvalue weighted by Crippen LogP contribution is 2.36. The van der Waals surface area contributed by atoms with Crippen molar-refractivity contribution < 1.29 is 14.3 Å². The van der Waals surface area contributed by atoms with Crippen LogP contribution in [-0.4, -0.2) is 106 Å². The Morgan fingerprint density at radius 2 is 1.90 bits per heavy atom. The number of nitriles is 1. The third-order valence-corrected chi connectivity index (χ3v) is 10.2. The number of hydrogen-bond acceptors (Lipinski definition) is 8. The third-order valence-electron chi connectivity index (χ3n) is 9.79. The average molecular weight is 595 g/mol. The summed E-state index contributed by atoms with van der Waals surface area (Å²) in [6.07, 6.45) is 8.24. The molecule has 0 radical (unpaired) electrons. The summed E-state index contributed by atoms with van der Waals surface area (Å²) >= 11 is 6.91. The largest absolute Gasteiger partial charge is 0.376 e. The molecule has 10 heteroatoms. The Hall–Kier alpha value is -0.990. The first kappa shape index (κ1) is 32.9. The lowest BCUT2D eigenvalue weighted by molar-refractivity contribution is -0.124. The first-order valence-electron chi connectivity index (χ1n) is 16.2. The summed E-state index contributed by atoms with van der Waals surface area (Å²) in [5, 5.41) is 24.5. The van der Waals surface area contributed by atoms with Crippen LogP contribution in [0.5, 0.6) is 0 Å². The highest BCUT2D eigenvalue weighted by Gasteiger charge is 2.47. The van der Waals surface area contributed by atoms with Crippen molar-refractivity contribution in [2.45, 2.75) is 119 Å². The van der Waals surface area contributed by atoms with E-state index in [4.69, 9.17) is 21.1 Å². The van der Waals surface area contributed by atoms with Gasteiger partial charge in [0.25, 0.3) is 0 Å². The molecular weight excluding hydrogens is 540 g/mol. The smallest absolute Gasteiger partial charge is 0.220 e. The van der Waals surface area contributed by atoms with Crippen molar-refractivity contribution in [2.24, 2.45) is 17.8 Å². The minimum atomic E-state index is -0.126. The minimum absolute atomic E-state index is 0.0208. The fraction of sp³-hybridized carbons (Fsp3) is 0.935. The van der Waals surface area contributed by atoms with Crippen molar-refractivity contribution in [3.8, 4) is 6.07 Å². The predicted molar refractivity (Wildman–Crippen MR) is 163 cm³/mol. The maximum Gasteiger partial charge on any atom is 0.220 e. The maximum atomic E-state index is 12.9. The molecule has 11 atom stereocenters. The van der Waals surface area contributed by atoms with Gasteiger partial charge in [-0.05, 0) is 97.3 Å². The Bertz CT molecular complexity index is 850. The first-order chi connectivity index (χ1) is 19.8. The maximum absolute atomic E-state index is 12.9. The van der Waals surface area contributed by atoms with E-state index in [0.29, 0.717) is 25.6 Å². The van der Waals surface area contributed by atoms with E-state index in [2.05, 4.69) is 39.2 Å². The molecule has 2 heterocycles. The summed E-state index contributed by atoms with van der Waals surface area (Å²) in [6.45, 7) is 8.30. The number of alkyl halides is 1. The third kappa shape index (κ3) is 9.50. The van der Waals surface area contributed by atoms with Crippen molar-refractivity contribution in [1.29, 1.82) is 5.26 Å². The molecule has 1 amide bonds. The van der Waals surface area contributed by atoms with E-state index in [-0.39, 0.29) is 59.5 Å². The zero-order valence-corrected chi connectivity index (χ0v) is 26.5. The van der Waals surface area contributed by atoms with Crippen LogP contribution >= 0.6 is 11.6 Å². The van der Waals surface area contributed by atoms with E-state index in [1.165, 1.54) is 12.8 Å². The van der Waals surface area contributed by atoms with Crippen molar-refractivity contribution in [3.05, 3.63) is 0 Å². The lowest BCUT2D eigenvalue weighted by atomic mass is 9.69. The van der Waals surface area contributed by atoms with Crippen LogP contribution in [0, 0.1) is 29.1 Å². The summed E-state index contributed by atoms with van der Waals surface area (Å²) < 4.78 is 12.5. The summed E-state index contributed by atoms with van der Waals surface area (Å²) in [4.78, 5) is 15.0. The Balaban J connectivity index is 1.33. The summed E-state index contributed by atoms with van der Waals surface area (Å²) in [6, 6.07) is 3.53. The average Bonchev–Trinajstić information content (AvgIpc) is 2.94. The number of hydrogen-bond donors (Lipinski definition) is 4. The molecule has 0 aromatic heterocycles. The van der Waals surface area contributed by atoms with Gasteiger partial charge in [0.15, 0.2) is 0 Å². The Morgan fingerprint density at radius 3 is 2.59 bits per heavy atom. The molecule has 4 rings (SSSR count). The Kier molecular flexibility index (Phi) is 13.0. The molecular formula is C31H55ClN6O3. The highest BCUT2D eigenvalue weighted by molar-refractivity contribution is 6.21. The van der Waals surface area contributed by atoms with Crippen molar-refractivity contribution >= 4 is 17.5 Å². The number of nitrogens with one attached hydrogen (secondary N) is 4. The van der Waals surface area contributed by atoms with Crippen LogP contribution in [0.2, 0.25) is 0 Å². The van der Waals surface area contributed by atoms with Gasteiger partial charge in [0, 0.05) is 43.7 Å². The SMILES string of the molecule is CCOC1CC2NCC(C#N)C(NC3CCC(OCC4CCC(C)CN4)C(Cl)C3)C2CC1NC(=O)CCCN(C)C. The second-order valence-corrected chi connectivity index (χ2v) is 13.9. The molecule has 4 aliphatic rings. The molecule has 2 saturated heterocycles. The molecule has 0 bridgehead atoms. The number of fused-ring (bicyclic) bond motifs is 1. The molecule has 2 aliphatic heterocycles. The molecule has 0 aromatic rings. The van der Waals surface area contributed by atoms with Gasteiger partial charge < -0.3 is 35.6 Å². The predicted octanol–water partition coefficient (Wildman–Crippen LogP) is 2.63. The second-order valence-electron chi connectivity index (χ2n) is 13.3. The van der Waals surface area contributed by atoms with Gasteiger partial charge in [-0.25, -0.2) is 0 Å². The lowest BCUT2D eigenvalue weighted by Crippen LogP contribution is -2.66. The van der Waals surface area contributed by atoms with Gasteiger partial charge in [-0.3, -0.25) is 4.79 Å². The fourth-order valence-corrected chi connectivity index (χ4v) is 7.84. The number of amides is 1. The van der Waals surface area contributed by atoms with Crippen LogP contribution < -0.4 is 21.3 Å². The molecule has 11 unspecified atom stereocenters. The van der Waals surface area contributed by atoms with Gasteiger partial charge in [-0.2, -0.15) is 5.26 Å². The van der Waals surface area contributed by atoms with Crippen LogP contribution in [0.1, 0.15) is 71.6 Å². The highest BCUT2D eigenvalue weighted by atomic mass is 35.5. The van der Waals surface area contributed by atoms with Crippen molar-refractivity contribution in [2.75, 3.05) is 46.9 Å². The number of rotatable bonds is 12. The van der Waals surface area contributed by atoms with Gasteiger partial charge in [0.2, 0.25) is 5.91 Å². The summed E-state index contributed by atoms with van der Waals surface area (Å²) in [5.74, 6) is 0.944. The monoisotopic (exact) mass is 594 g/mol. The van der Waals surface area contributed by atoms with Crippen molar-refractivity contribution in [1.82, 2.24) is 26.2 Å². The quantitative estimate of drug-likeness (QED) is 0.255. The minimum Gasteiger partial charge on any atom is -0.376 e. The van der Waals surface area contributed by atoms with Gasteiger partial charge >= 0.3 is 0 Å². The normalized spacial score (nSPS) is 39.6. The molecule has 234 valence electrons. The van der Waals surface area contributed by atoms with Gasteiger partial charge in [-0.15, -0.1) is 11.6 Å². The number of nitrogens with zero attached hydrogens (tertiary/aromatic N) is 2. The zero-order valence-electron chi connectivity index (χ0n) is 25.7. The number of carbonyl (C=O) groups excluding carboxylic acids is 1.